The first-order chi connectivity index (χ1) is 13.2. The molecule has 0 saturated carbocycles. The second-order valence-electron chi connectivity index (χ2n) is 10.2. The average molecular weight is 552 g/mol. The molecule has 9 heteroatoms. The number of carbonyl (C=O) groups excluding carboxylic acids is 1. The van der Waals surface area contributed by atoms with Gasteiger partial charge in [-0.3, -0.25) is 4.79 Å². The van der Waals surface area contributed by atoms with Crippen LogP contribution in [0.2, 0.25) is 37.8 Å². The summed E-state index contributed by atoms with van der Waals surface area (Å²) < 4.78 is 14.5. The van der Waals surface area contributed by atoms with Gasteiger partial charge >= 0.3 is 5.97 Å². The molecule has 29 heavy (non-hydrogen) atoms. The Balaban J connectivity index is 3.05. The summed E-state index contributed by atoms with van der Waals surface area (Å²) in [4.78, 5) is 11.3. The van der Waals surface area contributed by atoms with Crippen LogP contribution in [0.3, 0.4) is 0 Å². The molecule has 0 saturated heterocycles. The number of nitrogens with zero attached hydrogens (tertiary/aromatic N) is 3. The molecule has 0 amide bonds. The van der Waals surface area contributed by atoms with Crippen LogP contribution in [0.5, 0.6) is 0 Å². The highest BCUT2D eigenvalue weighted by Gasteiger charge is 2.40. The van der Waals surface area contributed by atoms with E-state index in [4.69, 9.17) is 9.16 Å². The maximum atomic E-state index is 11.3. The first kappa shape index (κ1) is 26.5. The molecule has 6 nitrogen and oxygen atoms in total. The summed E-state index contributed by atoms with van der Waals surface area (Å²) in [6.07, 6.45) is 6.71. The molecular weight excluding hydrogens is 513 g/mol. The van der Waals surface area contributed by atoms with Crippen molar-refractivity contribution in [2.75, 3.05) is 7.11 Å². The van der Waals surface area contributed by atoms with Crippen LogP contribution < -0.4 is 0 Å². The Kier molecular flexibility index (Phi) is 9.76. The molecule has 0 aliphatic rings. The third-order valence-electron chi connectivity index (χ3n) is 5.13. The lowest BCUT2D eigenvalue weighted by Gasteiger charge is -2.38. The summed E-state index contributed by atoms with van der Waals surface area (Å²) in [5, 5.41) is 9.07. The van der Waals surface area contributed by atoms with Gasteiger partial charge in [-0.05, 0) is 53.6 Å². The number of methoxy groups -OCH3 is 1. The summed E-state index contributed by atoms with van der Waals surface area (Å²) in [7, 11) is -1.88. The Morgan fingerprint density at radius 3 is 2.34 bits per heavy atom. The van der Waals surface area contributed by atoms with E-state index >= 15 is 0 Å². The maximum absolute atomic E-state index is 11.3. The standard InChI is InChI=1S/C20H38IN3O3Si2/c1-20(2,3)29(8,9)27-16(13-11-10-12-14-17(25)26-4)18-19(21)24(23-22-18)15-28(5,6)7/h10-11,16H,12-15H2,1-9H3/b11-10-/t16-/m0/s1. The zero-order valence-electron chi connectivity index (χ0n) is 19.5. The molecule has 0 aliphatic heterocycles. The van der Waals surface area contributed by atoms with E-state index in [1.165, 1.54) is 7.11 Å². The summed E-state index contributed by atoms with van der Waals surface area (Å²) >= 11 is 2.36. The predicted molar refractivity (Wildman–Crippen MR) is 132 cm³/mol. The highest BCUT2D eigenvalue weighted by molar-refractivity contribution is 14.1. The van der Waals surface area contributed by atoms with Crippen LogP contribution >= 0.6 is 22.6 Å². The van der Waals surface area contributed by atoms with E-state index in [2.05, 4.69) is 92.5 Å². The van der Waals surface area contributed by atoms with Crippen LogP contribution in [0.1, 0.15) is 51.8 Å². The van der Waals surface area contributed by atoms with Crippen molar-refractivity contribution >= 4 is 45.0 Å². The van der Waals surface area contributed by atoms with E-state index in [1.807, 2.05) is 10.8 Å². The van der Waals surface area contributed by atoms with Gasteiger partial charge in [-0.2, -0.15) is 0 Å². The molecule has 0 fully saturated rings. The van der Waals surface area contributed by atoms with Gasteiger partial charge in [0.2, 0.25) is 0 Å². The third-order valence-corrected chi connectivity index (χ3v) is 12.0. The van der Waals surface area contributed by atoms with Crippen molar-refractivity contribution in [3.05, 3.63) is 21.5 Å². The lowest BCUT2D eigenvalue weighted by molar-refractivity contribution is -0.140. The molecule has 166 valence electrons. The second-order valence-corrected chi connectivity index (χ2v) is 21.4. The molecule has 0 bridgehead atoms. The lowest BCUT2D eigenvalue weighted by atomic mass is 10.2. The van der Waals surface area contributed by atoms with E-state index in [0.717, 1.165) is 22.0 Å². The minimum absolute atomic E-state index is 0.111. The molecule has 1 rings (SSSR count). The SMILES string of the molecule is COC(=O)CC/C=C\C[C@H](O[Si](C)(C)C(C)(C)C)c1nnn(C[Si](C)(C)C)c1I. The first-order valence-corrected chi connectivity index (χ1v) is 17.9. The van der Waals surface area contributed by atoms with Crippen LogP contribution in [0.4, 0.5) is 0 Å². The minimum Gasteiger partial charge on any atom is -0.469 e. The maximum Gasteiger partial charge on any atom is 0.305 e. The Hall–Kier alpha value is -0.526. The Labute approximate surface area is 192 Å². The number of ether oxygens (including phenoxy) is 1. The molecule has 0 aromatic carbocycles. The second kappa shape index (κ2) is 10.7. The number of halogens is 1. The van der Waals surface area contributed by atoms with Crippen molar-refractivity contribution < 1.29 is 14.0 Å². The van der Waals surface area contributed by atoms with E-state index in [9.17, 15) is 4.79 Å². The smallest absolute Gasteiger partial charge is 0.305 e. The summed E-state index contributed by atoms with van der Waals surface area (Å²) in [6, 6.07) is 0. The highest BCUT2D eigenvalue weighted by atomic mass is 127. The predicted octanol–water partition coefficient (Wildman–Crippen LogP) is 5.72. The first-order valence-electron chi connectivity index (χ1n) is 10.2. The van der Waals surface area contributed by atoms with Gasteiger partial charge in [0.1, 0.15) is 9.39 Å². The number of allylic oxidation sites excluding steroid dienone is 1. The molecule has 0 unspecified atom stereocenters. The van der Waals surface area contributed by atoms with Crippen molar-refractivity contribution in [2.24, 2.45) is 0 Å². The van der Waals surface area contributed by atoms with Gasteiger partial charge < -0.3 is 9.16 Å². The summed E-state index contributed by atoms with van der Waals surface area (Å²) in [5.74, 6) is -0.187. The van der Waals surface area contributed by atoms with Crippen LogP contribution in [0.25, 0.3) is 0 Å². The largest absolute Gasteiger partial charge is 0.469 e. The van der Waals surface area contributed by atoms with Gasteiger partial charge in [0.25, 0.3) is 0 Å². The van der Waals surface area contributed by atoms with Crippen molar-refractivity contribution in [3.8, 4) is 0 Å². The van der Waals surface area contributed by atoms with Crippen LogP contribution in [0, 0.1) is 3.70 Å². The fraction of sp³-hybridized carbons (Fsp3) is 0.750. The van der Waals surface area contributed by atoms with Crippen LogP contribution in [-0.4, -0.2) is 44.5 Å². The van der Waals surface area contributed by atoms with Crippen molar-refractivity contribution in [1.82, 2.24) is 15.0 Å². The normalized spacial score (nSPS) is 14.4. The molecular formula is C20H38IN3O3Si2. The molecule has 1 aromatic rings. The fourth-order valence-electron chi connectivity index (χ4n) is 2.45. The van der Waals surface area contributed by atoms with E-state index in [-0.39, 0.29) is 17.1 Å². The van der Waals surface area contributed by atoms with Crippen molar-refractivity contribution in [3.63, 3.8) is 0 Å². The Bertz CT molecular complexity index is 707. The number of esters is 1. The molecule has 0 aliphatic carbocycles. The van der Waals surface area contributed by atoms with E-state index in [1.54, 1.807) is 0 Å². The molecule has 0 N–H and O–H groups in total. The van der Waals surface area contributed by atoms with Gasteiger partial charge in [-0.15, -0.1) is 5.10 Å². The quantitative estimate of drug-likeness (QED) is 0.161. The molecule has 1 atom stereocenters. The van der Waals surface area contributed by atoms with Gasteiger partial charge in [-0.25, -0.2) is 4.68 Å². The molecule has 0 spiro atoms. The number of carbonyl (C=O) groups is 1. The average Bonchev–Trinajstić information content (AvgIpc) is 2.91. The zero-order valence-corrected chi connectivity index (χ0v) is 23.7. The minimum atomic E-state index is -1.98. The molecule has 0 radical (unpaired) electrons. The van der Waals surface area contributed by atoms with Gasteiger partial charge in [0.15, 0.2) is 8.32 Å². The number of aromatic nitrogens is 3. The number of hydrogen-bond acceptors (Lipinski definition) is 5. The van der Waals surface area contributed by atoms with E-state index < -0.39 is 16.4 Å². The lowest BCUT2D eigenvalue weighted by Crippen LogP contribution is -2.42. The third kappa shape index (κ3) is 8.62. The van der Waals surface area contributed by atoms with E-state index in [0.29, 0.717) is 12.8 Å². The van der Waals surface area contributed by atoms with Gasteiger partial charge in [0, 0.05) is 12.6 Å². The molecule has 1 aromatic heterocycles. The van der Waals surface area contributed by atoms with Gasteiger partial charge in [0.05, 0.1) is 21.3 Å². The number of rotatable bonds is 10. The van der Waals surface area contributed by atoms with Gasteiger partial charge in [-0.1, -0.05) is 57.8 Å². The van der Waals surface area contributed by atoms with Crippen molar-refractivity contribution in [1.29, 1.82) is 0 Å². The zero-order chi connectivity index (χ0) is 22.5. The van der Waals surface area contributed by atoms with Crippen LogP contribution in [0.15, 0.2) is 12.2 Å². The van der Waals surface area contributed by atoms with Crippen LogP contribution in [-0.2, 0) is 20.1 Å². The Morgan fingerprint density at radius 1 is 1.21 bits per heavy atom. The highest BCUT2D eigenvalue weighted by Crippen LogP contribution is 2.41. The van der Waals surface area contributed by atoms with Crippen molar-refractivity contribution in [2.45, 2.75) is 90.1 Å². The monoisotopic (exact) mass is 551 g/mol. The fourth-order valence-corrected chi connectivity index (χ4v) is 5.89. The summed E-state index contributed by atoms with van der Waals surface area (Å²) in [6.45, 7) is 18.3. The number of hydrogen-bond donors (Lipinski definition) is 0. The molecule has 1 heterocycles. The Morgan fingerprint density at radius 2 is 1.83 bits per heavy atom. The summed E-state index contributed by atoms with van der Waals surface area (Å²) in [5.41, 5.74) is 0.922. The topological polar surface area (TPSA) is 66.2 Å².